The van der Waals surface area contributed by atoms with E-state index in [-0.39, 0.29) is 6.61 Å². The van der Waals surface area contributed by atoms with Crippen LogP contribution in [0.1, 0.15) is 34.6 Å². The van der Waals surface area contributed by atoms with Crippen molar-refractivity contribution in [1.29, 1.82) is 0 Å². The van der Waals surface area contributed by atoms with Crippen molar-refractivity contribution in [3.63, 3.8) is 0 Å². The van der Waals surface area contributed by atoms with Gasteiger partial charge in [0.2, 0.25) is 5.43 Å². The Morgan fingerprint density at radius 2 is 1.97 bits per heavy atom. The van der Waals surface area contributed by atoms with Crippen LogP contribution in [0.4, 0.5) is 10.1 Å². The van der Waals surface area contributed by atoms with Crippen LogP contribution in [-0.2, 0) is 4.79 Å². The summed E-state index contributed by atoms with van der Waals surface area (Å²) in [5.41, 5.74) is 1.06. The number of benzene rings is 2. The molecule has 2 aliphatic rings. The first-order chi connectivity index (χ1) is 17.3. The molecule has 0 spiro atoms. The number of aryl methyl sites for hydroxylation is 1. The van der Waals surface area contributed by atoms with E-state index in [1.54, 1.807) is 32.2 Å². The fraction of sp³-hybridized carbons (Fsp3) is 0.259. The zero-order valence-corrected chi connectivity index (χ0v) is 19.7. The molecule has 2 heterocycles. The van der Waals surface area contributed by atoms with Crippen molar-refractivity contribution in [3.05, 3.63) is 81.5 Å². The fourth-order valence-electron chi connectivity index (χ4n) is 3.89. The lowest BCUT2D eigenvalue weighted by atomic mass is 10.1. The number of hydrogen-bond acceptors (Lipinski definition) is 5. The monoisotopic (exact) mass is 486 g/mol. The van der Waals surface area contributed by atoms with Gasteiger partial charge in [-0.2, -0.15) is 5.10 Å². The van der Waals surface area contributed by atoms with Gasteiger partial charge in [-0.05, 0) is 56.2 Å². The van der Waals surface area contributed by atoms with Crippen molar-refractivity contribution in [2.24, 2.45) is 5.92 Å². The van der Waals surface area contributed by atoms with Gasteiger partial charge in [0, 0.05) is 30.3 Å². The predicted octanol–water partition coefficient (Wildman–Crippen LogP) is 2.60. The Hall–Kier alpha value is -4.45. The Balaban J connectivity index is 1.38. The minimum Gasteiger partial charge on any atom is -0.489 e. The Morgan fingerprint density at radius 1 is 1.17 bits per heavy atom. The van der Waals surface area contributed by atoms with Gasteiger partial charge in [-0.3, -0.25) is 14.4 Å². The highest BCUT2D eigenvalue weighted by Crippen LogP contribution is 2.32. The summed E-state index contributed by atoms with van der Waals surface area (Å²) in [6.45, 7) is 1.50. The van der Waals surface area contributed by atoms with E-state index in [0.29, 0.717) is 28.7 Å². The van der Waals surface area contributed by atoms with Gasteiger partial charge in [0.1, 0.15) is 24.2 Å². The Morgan fingerprint density at radius 3 is 2.72 bits per heavy atom. The summed E-state index contributed by atoms with van der Waals surface area (Å²) in [4.78, 5) is 40.2. The van der Waals surface area contributed by atoms with E-state index < -0.39 is 34.8 Å². The van der Waals surface area contributed by atoms with Crippen LogP contribution in [0.3, 0.4) is 0 Å². The second-order valence-corrected chi connectivity index (χ2v) is 8.85. The standard InChI is InChI=1S/C27H23FN4O4/c1-16-12-23(33)25(30-32(16)20-5-3-4-19(28)14-20)26(34)29-21-15-36-24-11-10-18(9-8-17-6-7-17)13-22(24)31(2)27(21)35/h3-5,10-14,17,21H,6-7,15H2,1-2H3,(H,29,34)/t21-/m0/s1. The second-order valence-electron chi connectivity index (χ2n) is 8.85. The number of nitrogens with one attached hydrogen (secondary N) is 1. The van der Waals surface area contributed by atoms with Gasteiger partial charge in [-0.15, -0.1) is 0 Å². The van der Waals surface area contributed by atoms with Crippen molar-refractivity contribution < 1.29 is 18.7 Å². The maximum Gasteiger partial charge on any atom is 0.276 e. The molecule has 8 nitrogen and oxygen atoms in total. The van der Waals surface area contributed by atoms with Crippen LogP contribution in [0, 0.1) is 30.5 Å². The predicted molar refractivity (Wildman–Crippen MR) is 131 cm³/mol. The molecular formula is C27H23FN4O4. The van der Waals surface area contributed by atoms with E-state index in [2.05, 4.69) is 22.3 Å². The zero-order valence-electron chi connectivity index (χ0n) is 19.7. The van der Waals surface area contributed by atoms with E-state index in [4.69, 9.17) is 4.74 Å². The minimum absolute atomic E-state index is 0.126. The Bertz CT molecular complexity index is 1500. The maximum absolute atomic E-state index is 13.7. The number of aromatic nitrogens is 2. The molecule has 2 aromatic carbocycles. The number of ether oxygens (including phenoxy) is 1. The van der Waals surface area contributed by atoms with Crippen molar-refractivity contribution in [3.8, 4) is 23.3 Å². The van der Waals surface area contributed by atoms with Crippen molar-refractivity contribution in [2.75, 3.05) is 18.6 Å². The van der Waals surface area contributed by atoms with Crippen molar-refractivity contribution >= 4 is 17.5 Å². The highest BCUT2D eigenvalue weighted by molar-refractivity contribution is 6.02. The molecule has 1 N–H and O–H groups in total. The van der Waals surface area contributed by atoms with Crippen LogP contribution >= 0.6 is 0 Å². The smallest absolute Gasteiger partial charge is 0.276 e. The number of nitrogens with zero attached hydrogens (tertiary/aromatic N) is 3. The number of carbonyl (C=O) groups is 2. The molecule has 36 heavy (non-hydrogen) atoms. The molecule has 0 unspecified atom stereocenters. The van der Waals surface area contributed by atoms with Gasteiger partial charge in [-0.1, -0.05) is 17.9 Å². The average Bonchev–Trinajstić information content (AvgIpc) is 3.69. The van der Waals surface area contributed by atoms with Gasteiger partial charge in [0.25, 0.3) is 11.8 Å². The summed E-state index contributed by atoms with van der Waals surface area (Å²) in [6.07, 6.45) is 2.23. The average molecular weight is 487 g/mol. The summed E-state index contributed by atoms with van der Waals surface area (Å²) < 4.78 is 20.8. The Kier molecular flexibility index (Phi) is 6.02. The highest BCUT2D eigenvalue weighted by atomic mass is 19.1. The van der Waals surface area contributed by atoms with Crippen LogP contribution in [0.15, 0.2) is 53.3 Å². The molecule has 3 aromatic rings. The molecule has 1 saturated carbocycles. The fourth-order valence-corrected chi connectivity index (χ4v) is 3.89. The number of carbonyl (C=O) groups excluding carboxylic acids is 2. The lowest BCUT2D eigenvalue weighted by molar-refractivity contribution is -0.120. The van der Waals surface area contributed by atoms with E-state index >= 15 is 0 Å². The van der Waals surface area contributed by atoms with E-state index in [9.17, 15) is 18.8 Å². The van der Waals surface area contributed by atoms with Gasteiger partial charge in [0.15, 0.2) is 5.69 Å². The number of fused-ring (bicyclic) bond motifs is 1. The van der Waals surface area contributed by atoms with Gasteiger partial charge >= 0.3 is 0 Å². The Labute approximate surface area is 206 Å². The van der Waals surface area contributed by atoms with E-state index in [1.165, 1.54) is 33.8 Å². The van der Waals surface area contributed by atoms with Gasteiger partial charge in [-0.25, -0.2) is 9.07 Å². The molecule has 0 saturated heterocycles. The zero-order chi connectivity index (χ0) is 25.4. The maximum atomic E-state index is 13.7. The first-order valence-corrected chi connectivity index (χ1v) is 11.5. The summed E-state index contributed by atoms with van der Waals surface area (Å²) in [6, 6.07) is 11.2. The molecule has 0 bridgehead atoms. The molecule has 2 amide bonds. The molecule has 1 atom stereocenters. The number of amides is 2. The summed E-state index contributed by atoms with van der Waals surface area (Å²) in [7, 11) is 1.59. The topological polar surface area (TPSA) is 93.5 Å². The normalized spacial score (nSPS) is 16.8. The van der Waals surface area contributed by atoms with Crippen LogP contribution < -0.4 is 20.4 Å². The van der Waals surface area contributed by atoms with Crippen LogP contribution in [0.25, 0.3) is 5.69 Å². The third-order valence-corrected chi connectivity index (χ3v) is 6.03. The first-order valence-electron chi connectivity index (χ1n) is 11.5. The number of likely N-dealkylation sites (N-methyl/N-ethyl adjacent to an activating group) is 1. The summed E-state index contributed by atoms with van der Waals surface area (Å²) in [5, 5.41) is 6.72. The van der Waals surface area contributed by atoms with Crippen LogP contribution in [0.2, 0.25) is 0 Å². The molecule has 1 aromatic heterocycles. The van der Waals surface area contributed by atoms with Gasteiger partial charge < -0.3 is 15.0 Å². The van der Waals surface area contributed by atoms with Crippen molar-refractivity contribution in [2.45, 2.75) is 25.8 Å². The van der Waals surface area contributed by atoms with Crippen LogP contribution in [-0.4, -0.2) is 41.3 Å². The number of rotatable bonds is 3. The number of halogens is 1. The molecule has 5 rings (SSSR count). The second kappa shape index (κ2) is 9.30. The minimum atomic E-state index is -1.05. The van der Waals surface area contributed by atoms with Gasteiger partial charge in [0.05, 0.1) is 11.4 Å². The summed E-state index contributed by atoms with van der Waals surface area (Å²) >= 11 is 0. The number of hydrogen-bond donors (Lipinski definition) is 1. The molecular weight excluding hydrogens is 463 g/mol. The lowest BCUT2D eigenvalue weighted by Crippen LogP contribution is -2.50. The number of anilines is 1. The molecule has 1 fully saturated rings. The molecule has 1 aliphatic carbocycles. The van der Waals surface area contributed by atoms with E-state index in [0.717, 1.165) is 18.4 Å². The largest absolute Gasteiger partial charge is 0.489 e. The lowest BCUT2D eigenvalue weighted by Gasteiger charge is -2.20. The van der Waals surface area contributed by atoms with Crippen LogP contribution in [0.5, 0.6) is 5.75 Å². The quantitative estimate of drug-likeness (QED) is 0.575. The third-order valence-electron chi connectivity index (χ3n) is 6.03. The SMILES string of the molecule is Cc1cc(=O)c(C(=O)N[C@H]2COc3ccc(C#CC4CC4)cc3N(C)C2=O)nn1-c1cccc(F)c1. The molecule has 1 aliphatic heterocycles. The molecule has 0 radical (unpaired) electrons. The third kappa shape index (κ3) is 4.70. The first kappa shape index (κ1) is 23.3. The van der Waals surface area contributed by atoms with E-state index in [1.807, 2.05) is 6.07 Å². The molecule has 182 valence electrons. The molecule has 9 heteroatoms. The van der Waals surface area contributed by atoms with Crippen molar-refractivity contribution in [1.82, 2.24) is 15.1 Å². The summed E-state index contributed by atoms with van der Waals surface area (Å²) in [5.74, 6) is 5.53. The highest BCUT2D eigenvalue weighted by Gasteiger charge is 2.32.